The Morgan fingerprint density at radius 2 is 1.68 bits per heavy atom. The summed E-state index contributed by atoms with van der Waals surface area (Å²) in [6.45, 7) is 6.42. The van der Waals surface area contributed by atoms with E-state index in [1.165, 1.54) is 0 Å². The summed E-state index contributed by atoms with van der Waals surface area (Å²) in [6.07, 6.45) is 0. The number of carbonyl (C=O) groups excluding carboxylic acids is 1. The van der Waals surface area contributed by atoms with E-state index in [1.807, 2.05) is 30.3 Å². The van der Waals surface area contributed by atoms with Crippen LogP contribution >= 0.6 is 0 Å². The van der Waals surface area contributed by atoms with Crippen molar-refractivity contribution in [1.82, 2.24) is 0 Å². The second-order valence-corrected chi connectivity index (χ2v) is 10.3. The quantitative estimate of drug-likeness (QED) is 0.616. The Labute approximate surface area is 116 Å². The Balaban J connectivity index is 2.62. The maximum absolute atomic E-state index is 12.0. The summed E-state index contributed by atoms with van der Waals surface area (Å²) in [5, 5.41) is 10.3. The van der Waals surface area contributed by atoms with E-state index in [-0.39, 0.29) is 6.61 Å². The van der Waals surface area contributed by atoms with E-state index in [2.05, 4.69) is 20.8 Å². The monoisotopic (exact) mass is 280 g/mol. The number of ether oxygens (including phenoxy) is 1. The van der Waals surface area contributed by atoms with Crippen molar-refractivity contribution >= 4 is 14.0 Å². The van der Waals surface area contributed by atoms with Crippen molar-refractivity contribution in [2.24, 2.45) is 0 Å². The fraction of sp³-hybridized carbons (Fsp3) is 0.533. The molecule has 19 heavy (non-hydrogen) atoms. The molecule has 0 aliphatic carbocycles. The standard InChI is InChI=1S/C15H24O3Si/c1-4-19(5-2,6-3)15(17)14(16)18-12-13-10-8-7-9-11-13/h7-11,15,17H,4-6,12H2,1-3H3. The summed E-state index contributed by atoms with van der Waals surface area (Å²) in [4.78, 5) is 12.0. The lowest BCUT2D eigenvalue weighted by atomic mass is 10.2. The molecule has 4 heteroatoms. The summed E-state index contributed by atoms with van der Waals surface area (Å²) >= 11 is 0. The Kier molecular flexibility index (Phi) is 6.25. The van der Waals surface area contributed by atoms with Crippen molar-refractivity contribution in [3.05, 3.63) is 35.9 Å². The van der Waals surface area contributed by atoms with Crippen LogP contribution in [-0.4, -0.2) is 24.9 Å². The second kappa shape index (κ2) is 7.45. The highest BCUT2D eigenvalue weighted by atomic mass is 28.3. The van der Waals surface area contributed by atoms with E-state index in [4.69, 9.17) is 4.74 Å². The van der Waals surface area contributed by atoms with Crippen LogP contribution in [0.25, 0.3) is 0 Å². The van der Waals surface area contributed by atoms with Crippen LogP contribution in [0.4, 0.5) is 0 Å². The van der Waals surface area contributed by atoms with Crippen LogP contribution in [0.3, 0.4) is 0 Å². The van der Waals surface area contributed by atoms with Gasteiger partial charge in [-0.1, -0.05) is 69.2 Å². The van der Waals surface area contributed by atoms with E-state index in [0.717, 1.165) is 23.7 Å². The Bertz CT molecular complexity index is 379. The van der Waals surface area contributed by atoms with Gasteiger partial charge in [0.2, 0.25) is 0 Å². The normalized spacial score (nSPS) is 13.1. The van der Waals surface area contributed by atoms with Gasteiger partial charge in [-0.3, -0.25) is 0 Å². The molecule has 0 saturated carbocycles. The van der Waals surface area contributed by atoms with Crippen LogP contribution in [0.1, 0.15) is 26.3 Å². The molecule has 1 aromatic carbocycles. The first-order valence-electron chi connectivity index (χ1n) is 6.98. The molecule has 0 saturated heterocycles. The minimum absolute atomic E-state index is 0.234. The first kappa shape index (κ1) is 15.9. The predicted octanol–water partition coefficient (Wildman–Crippen LogP) is 3.14. The average Bonchev–Trinajstić information content (AvgIpc) is 2.48. The van der Waals surface area contributed by atoms with Crippen LogP contribution in [-0.2, 0) is 16.1 Å². The van der Waals surface area contributed by atoms with Crippen molar-refractivity contribution < 1.29 is 14.6 Å². The highest BCUT2D eigenvalue weighted by Gasteiger charge is 2.40. The number of hydrogen-bond donors (Lipinski definition) is 1. The maximum atomic E-state index is 12.0. The van der Waals surface area contributed by atoms with Gasteiger partial charge in [-0.2, -0.15) is 0 Å². The molecule has 0 fully saturated rings. The van der Waals surface area contributed by atoms with E-state index in [1.54, 1.807) is 0 Å². The number of carbonyl (C=O) groups is 1. The molecule has 0 aliphatic rings. The molecule has 1 N–H and O–H groups in total. The molecule has 0 bridgehead atoms. The van der Waals surface area contributed by atoms with Crippen molar-refractivity contribution in [2.45, 2.75) is 51.2 Å². The van der Waals surface area contributed by atoms with E-state index >= 15 is 0 Å². The molecule has 1 unspecified atom stereocenters. The van der Waals surface area contributed by atoms with Gasteiger partial charge in [-0.15, -0.1) is 0 Å². The van der Waals surface area contributed by atoms with E-state index in [9.17, 15) is 9.90 Å². The molecule has 1 aromatic rings. The van der Waals surface area contributed by atoms with Gasteiger partial charge in [-0.05, 0) is 5.56 Å². The number of hydrogen-bond acceptors (Lipinski definition) is 3. The first-order chi connectivity index (χ1) is 9.09. The SMILES string of the molecule is CC[Si](CC)(CC)C(O)C(=O)OCc1ccccc1. The summed E-state index contributed by atoms with van der Waals surface area (Å²) in [6, 6.07) is 12.3. The summed E-state index contributed by atoms with van der Waals surface area (Å²) in [5.74, 6) is -0.457. The molecule has 0 aliphatic heterocycles. The smallest absolute Gasteiger partial charge is 0.331 e. The van der Waals surface area contributed by atoms with Crippen molar-refractivity contribution in [2.75, 3.05) is 0 Å². The van der Waals surface area contributed by atoms with Crippen molar-refractivity contribution in [3.63, 3.8) is 0 Å². The topological polar surface area (TPSA) is 46.5 Å². The maximum Gasteiger partial charge on any atom is 0.331 e. The highest BCUT2D eigenvalue weighted by Crippen LogP contribution is 2.25. The third-order valence-corrected chi connectivity index (χ3v) is 9.76. The summed E-state index contributed by atoms with van der Waals surface area (Å²) < 4.78 is 5.25. The lowest BCUT2D eigenvalue weighted by Crippen LogP contribution is -2.51. The highest BCUT2D eigenvalue weighted by molar-refractivity contribution is 6.83. The van der Waals surface area contributed by atoms with Crippen LogP contribution in [0.5, 0.6) is 0 Å². The molecule has 1 atom stereocenters. The second-order valence-electron chi connectivity index (χ2n) is 4.92. The Hall–Kier alpha value is -1.13. The largest absolute Gasteiger partial charge is 0.459 e. The number of esters is 1. The third kappa shape index (κ3) is 3.91. The number of rotatable bonds is 7. The number of benzene rings is 1. The van der Waals surface area contributed by atoms with E-state index in [0.29, 0.717) is 0 Å². The molecular formula is C15H24O3Si. The average molecular weight is 280 g/mol. The molecule has 3 nitrogen and oxygen atoms in total. The lowest BCUT2D eigenvalue weighted by Gasteiger charge is -2.31. The zero-order valence-corrected chi connectivity index (χ0v) is 13.1. The van der Waals surface area contributed by atoms with Crippen LogP contribution in [0.15, 0.2) is 30.3 Å². The zero-order chi connectivity index (χ0) is 14.3. The van der Waals surface area contributed by atoms with Gasteiger partial charge in [0.05, 0.1) is 0 Å². The van der Waals surface area contributed by atoms with Gasteiger partial charge in [0.15, 0.2) is 0 Å². The van der Waals surface area contributed by atoms with Crippen LogP contribution in [0.2, 0.25) is 18.1 Å². The Morgan fingerprint density at radius 1 is 1.16 bits per heavy atom. The molecule has 1 rings (SSSR count). The third-order valence-electron chi connectivity index (χ3n) is 4.14. The molecular weight excluding hydrogens is 256 g/mol. The summed E-state index contributed by atoms with van der Waals surface area (Å²) in [5.41, 5.74) is 0.0380. The molecule has 0 heterocycles. The van der Waals surface area contributed by atoms with Gasteiger partial charge in [-0.25, -0.2) is 4.79 Å². The number of aliphatic hydroxyl groups excluding tert-OH is 1. The zero-order valence-electron chi connectivity index (χ0n) is 12.1. The lowest BCUT2D eigenvalue weighted by molar-refractivity contribution is -0.151. The number of aliphatic hydroxyl groups is 1. The fourth-order valence-corrected chi connectivity index (χ4v) is 5.63. The molecule has 0 spiro atoms. The minimum atomic E-state index is -1.94. The van der Waals surface area contributed by atoms with Crippen molar-refractivity contribution in [1.29, 1.82) is 0 Å². The summed E-state index contributed by atoms with van der Waals surface area (Å²) in [7, 11) is -1.94. The minimum Gasteiger partial charge on any atom is -0.459 e. The van der Waals surface area contributed by atoms with Gasteiger partial charge >= 0.3 is 5.97 Å². The van der Waals surface area contributed by atoms with E-state index < -0.39 is 19.8 Å². The van der Waals surface area contributed by atoms with Gasteiger partial charge in [0, 0.05) is 0 Å². The van der Waals surface area contributed by atoms with Gasteiger partial charge in [0.1, 0.15) is 20.4 Å². The molecule has 0 aromatic heterocycles. The fourth-order valence-electron chi connectivity index (χ4n) is 2.39. The van der Waals surface area contributed by atoms with Crippen molar-refractivity contribution in [3.8, 4) is 0 Å². The molecule has 106 valence electrons. The Morgan fingerprint density at radius 3 is 2.16 bits per heavy atom. The predicted molar refractivity (Wildman–Crippen MR) is 79.4 cm³/mol. The molecule has 0 radical (unpaired) electrons. The van der Waals surface area contributed by atoms with Crippen LogP contribution < -0.4 is 0 Å². The first-order valence-corrected chi connectivity index (χ1v) is 9.68. The van der Waals surface area contributed by atoms with Gasteiger partial charge < -0.3 is 9.84 Å². The van der Waals surface area contributed by atoms with Gasteiger partial charge in [0.25, 0.3) is 0 Å². The van der Waals surface area contributed by atoms with Crippen LogP contribution in [0, 0.1) is 0 Å². The molecule has 0 amide bonds.